The van der Waals surface area contributed by atoms with E-state index in [1.54, 1.807) is 62.2 Å². The van der Waals surface area contributed by atoms with E-state index >= 15 is 0 Å². The van der Waals surface area contributed by atoms with Crippen LogP contribution in [0.5, 0.6) is 0 Å². The standard InChI is InChI=1S/C19H22BrN3O3/c1-5-23(16-11-8-14(20)12-21-16)17(24)13-6-9-15(10-7-13)22-18(25)26-19(2,3)4/h6-12H,5H2,1-4H3,(H,22,25). The molecule has 0 saturated carbocycles. The van der Waals surface area contributed by atoms with E-state index in [2.05, 4.69) is 26.2 Å². The zero-order chi connectivity index (χ0) is 19.3. The fraction of sp³-hybridized carbons (Fsp3) is 0.316. The Morgan fingerprint density at radius 2 is 1.81 bits per heavy atom. The second-order valence-corrected chi connectivity index (χ2v) is 7.50. The zero-order valence-electron chi connectivity index (χ0n) is 15.2. The van der Waals surface area contributed by atoms with Gasteiger partial charge in [-0.2, -0.15) is 0 Å². The third-order valence-electron chi connectivity index (χ3n) is 3.33. The fourth-order valence-corrected chi connectivity index (χ4v) is 2.45. The maximum atomic E-state index is 12.7. The molecule has 1 aromatic heterocycles. The van der Waals surface area contributed by atoms with Crippen molar-refractivity contribution < 1.29 is 14.3 Å². The van der Waals surface area contributed by atoms with Crippen molar-refractivity contribution in [1.29, 1.82) is 0 Å². The Kier molecular flexibility index (Phi) is 6.37. The van der Waals surface area contributed by atoms with E-state index in [4.69, 9.17) is 4.74 Å². The van der Waals surface area contributed by atoms with E-state index in [1.807, 2.05) is 13.0 Å². The molecule has 0 atom stereocenters. The first-order chi connectivity index (χ1) is 12.2. The van der Waals surface area contributed by atoms with Crippen LogP contribution in [0.25, 0.3) is 0 Å². The Bertz CT molecular complexity index is 768. The number of hydrogen-bond acceptors (Lipinski definition) is 4. The highest BCUT2D eigenvalue weighted by molar-refractivity contribution is 9.10. The Morgan fingerprint density at radius 1 is 1.15 bits per heavy atom. The molecule has 1 N–H and O–H groups in total. The van der Waals surface area contributed by atoms with Crippen molar-refractivity contribution in [3.8, 4) is 0 Å². The number of amides is 2. The summed E-state index contributed by atoms with van der Waals surface area (Å²) in [6.07, 6.45) is 1.12. The average Bonchev–Trinajstić information content (AvgIpc) is 2.56. The molecule has 0 aliphatic rings. The van der Waals surface area contributed by atoms with Crippen LogP contribution >= 0.6 is 15.9 Å². The van der Waals surface area contributed by atoms with Gasteiger partial charge in [-0.1, -0.05) is 0 Å². The first kappa shape index (κ1) is 19.9. The number of nitrogens with zero attached hydrogens (tertiary/aromatic N) is 2. The lowest BCUT2D eigenvalue weighted by Gasteiger charge is -2.21. The van der Waals surface area contributed by atoms with E-state index in [9.17, 15) is 9.59 Å². The minimum absolute atomic E-state index is 0.161. The van der Waals surface area contributed by atoms with Crippen LogP contribution in [0.3, 0.4) is 0 Å². The fourth-order valence-electron chi connectivity index (χ4n) is 2.21. The molecular weight excluding hydrogens is 398 g/mol. The smallest absolute Gasteiger partial charge is 0.412 e. The molecule has 0 aliphatic carbocycles. The number of aromatic nitrogens is 1. The van der Waals surface area contributed by atoms with Gasteiger partial charge in [-0.05, 0) is 80.0 Å². The molecule has 1 heterocycles. The number of rotatable bonds is 4. The van der Waals surface area contributed by atoms with Gasteiger partial charge in [0, 0.05) is 28.5 Å². The summed E-state index contributed by atoms with van der Waals surface area (Å²) in [7, 11) is 0. The van der Waals surface area contributed by atoms with Gasteiger partial charge in [0.2, 0.25) is 0 Å². The lowest BCUT2D eigenvalue weighted by Crippen LogP contribution is -2.31. The van der Waals surface area contributed by atoms with E-state index in [0.717, 1.165) is 4.47 Å². The molecule has 2 rings (SSSR count). The molecule has 7 heteroatoms. The quantitative estimate of drug-likeness (QED) is 0.767. The van der Waals surface area contributed by atoms with Crippen molar-refractivity contribution in [1.82, 2.24) is 4.98 Å². The summed E-state index contributed by atoms with van der Waals surface area (Å²) in [6.45, 7) is 7.77. The molecule has 26 heavy (non-hydrogen) atoms. The maximum absolute atomic E-state index is 12.7. The number of halogens is 1. The number of carbonyl (C=O) groups excluding carboxylic acids is 2. The van der Waals surface area contributed by atoms with Crippen molar-refractivity contribution >= 4 is 39.4 Å². The van der Waals surface area contributed by atoms with Crippen LogP contribution in [-0.2, 0) is 4.74 Å². The van der Waals surface area contributed by atoms with Crippen LogP contribution in [0, 0.1) is 0 Å². The van der Waals surface area contributed by atoms with Crippen LogP contribution in [-0.4, -0.2) is 29.1 Å². The summed E-state index contributed by atoms with van der Waals surface area (Å²) in [5.41, 5.74) is 0.492. The summed E-state index contributed by atoms with van der Waals surface area (Å²) in [5, 5.41) is 2.64. The molecule has 0 bridgehead atoms. The van der Waals surface area contributed by atoms with E-state index < -0.39 is 11.7 Å². The third-order valence-corrected chi connectivity index (χ3v) is 3.80. The normalized spacial score (nSPS) is 11.0. The van der Waals surface area contributed by atoms with Gasteiger partial charge in [-0.15, -0.1) is 0 Å². The Balaban J connectivity index is 2.10. The molecule has 6 nitrogen and oxygen atoms in total. The van der Waals surface area contributed by atoms with Crippen molar-refractivity contribution in [2.45, 2.75) is 33.3 Å². The monoisotopic (exact) mass is 419 g/mol. The van der Waals surface area contributed by atoms with E-state index in [1.165, 1.54) is 0 Å². The molecule has 2 amide bonds. The third kappa shape index (κ3) is 5.56. The van der Waals surface area contributed by atoms with Crippen LogP contribution in [0.1, 0.15) is 38.1 Å². The van der Waals surface area contributed by atoms with Gasteiger partial charge in [0.1, 0.15) is 11.4 Å². The van der Waals surface area contributed by atoms with Gasteiger partial charge in [-0.3, -0.25) is 15.0 Å². The summed E-state index contributed by atoms with van der Waals surface area (Å²) >= 11 is 3.33. The average molecular weight is 420 g/mol. The van der Waals surface area contributed by atoms with Gasteiger partial charge in [0.15, 0.2) is 0 Å². The Labute approximate surface area is 161 Å². The minimum atomic E-state index is -0.570. The van der Waals surface area contributed by atoms with Gasteiger partial charge < -0.3 is 4.74 Å². The SMILES string of the molecule is CCN(C(=O)c1ccc(NC(=O)OC(C)(C)C)cc1)c1ccc(Br)cn1. The number of hydrogen-bond donors (Lipinski definition) is 1. The number of benzene rings is 1. The zero-order valence-corrected chi connectivity index (χ0v) is 16.8. The molecule has 0 radical (unpaired) electrons. The summed E-state index contributed by atoms with van der Waals surface area (Å²) in [6, 6.07) is 10.3. The summed E-state index contributed by atoms with van der Waals surface area (Å²) in [5.74, 6) is 0.419. The van der Waals surface area contributed by atoms with Crippen molar-refractivity contribution in [2.24, 2.45) is 0 Å². The van der Waals surface area contributed by atoms with Crippen LogP contribution in [0.4, 0.5) is 16.3 Å². The van der Waals surface area contributed by atoms with Crippen LogP contribution in [0.2, 0.25) is 0 Å². The number of pyridine rings is 1. The van der Waals surface area contributed by atoms with Crippen LogP contribution < -0.4 is 10.2 Å². The van der Waals surface area contributed by atoms with Gasteiger partial charge in [0.25, 0.3) is 5.91 Å². The molecule has 1 aromatic carbocycles. The molecule has 0 fully saturated rings. The molecule has 0 aliphatic heterocycles. The van der Waals surface area contributed by atoms with Crippen molar-refractivity contribution in [2.75, 3.05) is 16.8 Å². The minimum Gasteiger partial charge on any atom is -0.444 e. The highest BCUT2D eigenvalue weighted by Crippen LogP contribution is 2.19. The predicted molar refractivity (Wildman–Crippen MR) is 106 cm³/mol. The van der Waals surface area contributed by atoms with Gasteiger partial charge in [-0.25, -0.2) is 9.78 Å². The molecule has 0 spiro atoms. The van der Waals surface area contributed by atoms with E-state index in [-0.39, 0.29) is 5.91 Å². The number of ether oxygens (including phenoxy) is 1. The van der Waals surface area contributed by atoms with Crippen molar-refractivity contribution in [3.63, 3.8) is 0 Å². The van der Waals surface area contributed by atoms with Gasteiger partial charge in [0.05, 0.1) is 0 Å². The molecule has 2 aromatic rings. The Morgan fingerprint density at radius 3 is 2.31 bits per heavy atom. The van der Waals surface area contributed by atoms with Crippen LogP contribution in [0.15, 0.2) is 47.1 Å². The lowest BCUT2D eigenvalue weighted by atomic mass is 10.1. The first-order valence-corrected chi connectivity index (χ1v) is 9.02. The first-order valence-electron chi connectivity index (χ1n) is 8.23. The molecule has 0 unspecified atom stereocenters. The topological polar surface area (TPSA) is 71.5 Å². The molecule has 138 valence electrons. The largest absolute Gasteiger partial charge is 0.444 e. The molecular formula is C19H22BrN3O3. The Hall–Kier alpha value is -2.41. The predicted octanol–water partition coefficient (Wildman–Crippen LogP) is 4.86. The summed E-state index contributed by atoms with van der Waals surface area (Å²) < 4.78 is 6.05. The second-order valence-electron chi connectivity index (χ2n) is 6.59. The lowest BCUT2D eigenvalue weighted by molar-refractivity contribution is 0.0636. The number of carbonyl (C=O) groups is 2. The highest BCUT2D eigenvalue weighted by Gasteiger charge is 2.18. The molecule has 0 saturated heterocycles. The number of nitrogens with one attached hydrogen (secondary N) is 1. The van der Waals surface area contributed by atoms with Gasteiger partial charge >= 0.3 is 6.09 Å². The summed E-state index contributed by atoms with van der Waals surface area (Å²) in [4.78, 5) is 30.4. The maximum Gasteiger partial charge on any atom is 0.412 e. The van der Waals surface area contributed by atoms with E-state index in [0.29, 0.717) is 23.6 Å². The van der Waals surface area contributed by atoms with Crippen molar-refractivity contribution in [3.05, 3.63) is 52.6 Å². The number of anilines is 2. The highest BCUT2D eigenvalue weighted by atomic mass is 79.9. The second kappa shape index (κ2) is 8.31.